The second-order valence-electron chi connectivity index (χ2n) is 8.20. The first kappa shape index (κ1) is 18.7. The van der Waals surface area contributed by atoms with Crippen LogP contribution in [0.15, 0.2) is 0 Å². The minimum atomic E-state index is -0.746. The van der Waals surface area contributed by atoms with Gasteiger partial charge >= 0.3 is 6.03 Å². The van der Waals surface area contributed by atoms with Crippen molar-refractivity contribution in [1.82, 2.24) is 20.0 Å². The fourth-order valence-corrected chi connectivity index (χ4v) is 4.90. The number of hydrogen-bond acceptors (Lipinski definition) is 5. The number of rotatable bonds is 3. The Bertz CT molecular complexity index is 611. The number of ether oxygens (including phenoxy) is 1. The average molecular weight is 378 g/mol. The second-order valence-corrected chi connectivity index (χ2v) is 8.20. The fraction of sp³-hybridized carbons (Fsp3) is 0.842. The molecule has 0 aliphatic carbocycles. The van der Waals surface area contributed by atoms with E-state index in [-0.39, 0.29) is 30.0 Å². The van der Waals surface area contributed by atoms with Gasteiger partial charge in [-0.1, -0.05) is 6.92 Å². The summed E-state index contributed by atoms with van der Waals surface area (Å²) in [6, 6.07) is -0.526. The Morgan fingerprint density at radius 3 is 2.63 bits per heavy atom. The number of piperidine rings is 2. The molecular formula is C19H30N4O4. The predicted molar refractivity (Wildman–Crippen MR) is 98.0 cm³/mol. The molecule has 0 aromatic carbocycles. The van der Waals surface area contributed by atoms with Crippen molar-refractivity contribution >= 4 is 17.8 Å². The molecule has 0 radical (unpaired) electrons. The average Bonchev–Trinajstić information content (AvgIpc) is 3.30. The maximum absolute atomic E-state index is 13.2. The van der Waals surface area contributed by atoms with Crippen LogP contribution in [-0.2, 0) is 14.3 Å². The molecular weight excluding hydrogens is 348 g/mol. The largest absolute Gasteiger partial charge is 0.368 e. The molecule has 8 heteroatoms. The Kier molecular flexibility index (Phi) is 5.11. The van der Waals surface area contributed by atoms with Gasteiger partial charge in [0.15, 0.2) is 0 Å². The maximum atomic E-state index is 13.2. The van der Waals surface area contributed by atoms with Gasteiger partial charge in [-0.25, -0.2) is 4.79 Å². The number of carbonyl (C=O) groups excluding carboxylic acids is 3. The summed E-state index contributed by atoms with van der Waals surface area (Å²) in [5.74, 6) is -0.0881. The first-order valence-electron chi connectivity index (χ1n) is 10.3. The van der Waals surface area contributed by atoms with E-state index in [1.165, 1.54) is 4.90 Å². The van der Waals surface area contributed by atoms with E-state index in [0.717, 1.165) is 45.3 Å². The van der Waals surface area contributed by atoms with Gasteiger partial charge in [0.2, 0.25) is 0 Å². The van der Waals surface area contributed by atoms with Gasteiger partial charge in [-0.3, -0.25) is 14.5 Å². The summed E-state index contributed by atoms with van der Waals surface area (Å²) >= 11 is 0. The van der Waals surface area contributed by atoms with Gasteiger partial charge in [0.1, 0.15) is 11.6 Å². The molecule has 0 aromatic heterocycles. The topological polar surface area (TPSA) is 82.2 Å². The maximum Gasteiger partial charge on any atom is 0.325 e. The molecule has 4 aliphatic heterocycles. The van der Waals surface area contributed by atoms with Gasteiger partial charge in [0.25, 0.3) is 11.8 Å². The van der Waals surface area contributed by atoms with Crippen LogP contribution < -0.4 is 5.32 Å². The van der Waals surface area contributed by atoms with Gasteiger partial charge in [-0.2, -0.15) is 0 Å². The van der Waals surface area contributed by atoms with E-state index >= 15 is 0 Å². The van der Waals surface area contributed by atoms with Crippen molar-refractivity contribution < 1.29 is 19.1 Å². The van der Waals surface area contributed by atoms with Crippen LogP contribution in [-0.4, -0.2) is 89.6 Å². The molecule has 0 unspecified atom stereocenters. The molecule has 0 saturated carbocycles. The van der Waals surface area contributed by atoms with Crippen molar-refractivity contribution in [2.24, 2.45) is 0 Å². The molecule has 4 heterocycles. The lowest BCUT2D eigenvalue weighted by atomic mass is 9.87. The van der Waals surface area contributed by atoms with Crippen molar-refractivity contribution in [2.75, 3.05) is 39.3 Å². The summed E-state index contributed by atoms with van der Waals surface area (Å²) in [6.45, 7) is 6.46. The highest BCUT2D eigenvalue weighted by Crippen LogP contribution is 2.32. The molecule has 4 saturated heterocycles. The van der Waals surface area contributed by atoms with Crippen LogP contribution in [0.3, 0.4) is 0 Å². The third-order valence-corrected chi connectivity index (χ3v) is 6.63. The molecule has 2 atom stereocenters. The zero-order valence-corrected chi connectivity index (χ0v) is 16.1. The van der Waals surface area contributed by atoms with Gasteiger partial charge in [0, 0.05) is 32.8 Å². The van der Waals surface area contributed by atoms with Gasteiger partial charge in [0.05, 0.1) is 6.04 Å². The van der Waals surface area contributed by atoms with Crippen molar-refractivity contribution in [1.29, 1.82) is 0 Å². The molecule has 0 bridgehead atoms. The van der Waals surface area contributed by atoms with E-state index in [2.05, 4.69) is 17.1 Å². The minimum absolute atomic E-state index is 0.00946. The van der Waals surface area contributed by atoms with E-state index < -0.39 is 5.54 Å². The van der Waals surface area contributed by atoms with Gasteiger partial charge in [-0.15, -0.1) is 0 Å². The Labute approximate surface area is 160 Å². The van der Waals surface area contributed by atoms with E-state index in [9.17, 15) is 14.4 Å². The number of nitrogens with one attached hydrogen (secondary N) is 1. The van der Waals surface area contributed by atoms with Crippen molar-refractivity contribution in [3.63, 3.8) is 0 Å². The molecule has 150 valence electrons. The third kappa shape index (κ3) is 3.33. The quantitative estimate of drug-likeness (QED) is 0.726. The summed E-state index contributed by atoms with van der Waals surface area (Å²) in [7, 11) is 0. The third-order valence-electron chi connectivity index (χ3n) is 6.63. The number of amides is 4. The highest BCUT2D eigenvalue weighted by Gasteiger charge is 2.54. The standard InChI is InChI=1S/C19H30N4O4/c1-2-21-10-7-19(8-11-21)17(25)23(18(26)20-19)14-5-3-9-22(13-14)16(24)15-6-4-12-27-15/h14-15H,2-13H2,1H3,(H,20,26)/t14-,15-/m0/s1. The van der Waals surface area contributed by atoms with E-state index in [4.69, 9.17) is 4.74 Å². The van der Waals surface area contributed by atoms with Crippen LogP contribution >= 0.6 is 0 Å². The molecule has 1 spiro atoms. The number of likely N-dealkylation sites (tertiary alicyclic amines) is 2. The normalized spacial score (nSPS) is 31.6. The second kappa shape index (κ2) is 7.39. The Balaban J connectivity index is 1.44. The van der Waals surface area contributed by atoms with Crippen LogP contribution in [0.1, 0.15) is 45.4 Å². The Hall–Kier alpha value is -1.67. The molecule has 4 fully saturated rings. The summed E-state index contributed by atoms with van der Waals surface area (Å²) < 4.78 is 5.53. The van der Waals surface area contributed by atoms with Crippen molar-refractivity contribution in [3.05, 3.63) is 0 Å². The first-order chi connectivity index (χ1) is 13.0. The highest BCUT2D eigenvalue weighted by molar-refractivity contribution is 6.07. The summed E-state index contributed by atoms with van der Waals surface area (Å²) in [5.41, 5.74) is -0.746. The van der Waals surface area contributed by atoms with Gasteiger partial charge in [-0.05, 0) is 45.1 Å². The fourth-order valence-electron chi connectivity index (χ4n) is 4.90. The van der Waals surface area contributed by atoms with E-state index in [1.807, 2.05) is 0 Å². The monoisotopic (exact) mass is 378 g/mol. The van der Waals surface area contributed by atoms with Crippen LogP contribution in [0.5, 0.6) is 0 Å². The Morgan fingerprint density at radius 1 is 1.19 bits per heavy atom. The minimum Gasteiger partial charge on any atom is -0.368 e. The summed E-state index contributed by atoms with van der Waals surface area (Å²) in [4.78, 5) is 44.1. The molecule has 1 N–H and O–H groups in total. The summed E-state index contributed by atoms with van der Waals surface area (Å²) in [5, 5.41) is 2.99. The molecule has 4 amide bonds. The lowest BCUT2D eigenvalue weighted by Crippen LogP contribution is -2.56. The number of urea groups is 1. The predicted octanol–water partition coefficient (Wildman–Crippen LogP) is 0.563. The molecule has 27 heavy (non-hydrogen) atoms. The van der Waals surface area contributed by atoms with Crippen molar-refractivity contribution in [2.45, 2.75) is 63.1 Å². The number of hydrogen-bond donors (Lipinski definition) is 1. The molecule has 4 rings (SSSR count). The van der Waals surface area contributed by atoms with Crippen LogP contribution in [0.2, 0.25) is 0 Å². The van der Waals surface area contributed by atoms with E-state index in [1.54, 1.807) is 4.90 Å². The highest BCUT2D eigenvalue weighted by atomic mass is 16.5. The van der Waals surface area contributed by atoms with Crippen LogP contribution in [0.4, 0.5) is 4.79 Å². The number of carbonyl (C=O) groups is 3. The smallest absolute Gasteiger partial charge is 0.325 e. The van der Waals surface area contributed by atoms with E-state index in [0.29, 0.717) is 32.5 Å². The Morgan fingerprint density at radius 2 is 1.96 bits per heavy atom. The molecule has 0 aromatic rings. The number of nitrogens with zero attached hydrogens (tertiary/aromatic N) is 3. The zero-order valence-electron chi connectivity index (χ0n) is 16.1. The summed E-state index contributed by atoms with van der Waals surface area (Å²) in [6.07, 6.45) is 4.21. The zero-order chi connectivity index (χ0) is 19.0. The lowest BCUT2D eigenvalue weighted by molar-refractivity contribution is -0.145. The van der Waals surface area contributed by atoms with Crippen LogP contribution in [0, 0.1) is 0 Å². The molecule has 4 aliphatic rings. The SMILES string of the molecule is CCN1CCC2(CC1)NC(=O)N([C@H]1CCCN(C(=O)[C@@H]3CCCO3)C1)C2=O. The first-order valence-corrected chi connectivity index (χ1v) is 10.3. The number of imide groups is 1. The van der Waals surface area contributed by atoms with Crippen molar-refractivity contribution in [3.8, 4) is 0 Å². The van der Waals surface area contributed by atoms with Crippen LogP contribution in [0.25, 0.3) is 0 Å². The molecule has 8 nitrogen and oxygen atoms in total. The van der Waals surface area contributed by atoms with Gasteiger partial charge < -0.3 is 19.9 Å². The lowest BCUT2D eigenvalue weighted by Gasteiger charge is -2.39.